The van der Waals surface area contributed by atoms with Gasteiger partial charge in [0.15, 0.2) is 0 Å². The van der Waals surface area contributed by atoms with Crippen molar-refractivity contribution in [2.75, 3.05) is 19.8 Å². The van der Waals surface area contributed by atoms with Crippen molar-refractivity contribution >= 4 is 0 Å². The summed E-state index contributed by atoms with van der Waals surface area (Å²) in [5, 5.41) is 8.58. The van der Waals surface area contributed by atoms with Crippen molar-refractivity contribution in [3.8, 4) is 0 Å². The van der Waals surface area contributed by atoms with Gasteiger partial charge in [0.05, 0.1) is 0 Å². The summed E-state index contributed by atoms with van der Waals surface area (Å²) in [7, 11) is 0. The number of hydrogen-bond acceptors (Lipinski definition) is 3. The highest BCUT2D eigenvalue weighted by atomic mass is 16.5. The number of ether oxygens (including phenoxy) is 1. The Morgan fingerprint density at radius 2 is 1.05 bits per heavy atom. The standard InChI is InChI=1S/C16H34O2.H3N/c1-2-3-4-5-6-7-8-9-10-11-12-15-18-16-13-14-17;/h17H,2-16H2,1H3;1H3. The Hall–Kier alpha value is -0.120. The van der Waals surface area contributed by atoms with Gasteiger partial charge in [-0.15, -0.1) is 0 Å². The quantitative estimate of drug-likeness (QED) is 0.419. The van der Waals surface area contributed by atoms with E-state index in [0.29, 0.717) is 6.61 Å². The van der Waals surface area contributed by atoms with E-state index in [1.165, 1.54) is 70.6 Å². The third-order valence-corrected chi connectivity index (χ3v) is 3.34. The molecule has 0 saturated carbocycles. The van der Waals surface area contributed by atoms with Gasteiger partial charge in [-0.3, -0.25) is 0 Å². The first kappa shape index (κ1) is 21.2. The number of aliphatic hydroxyl groups is 1. The van der Waals surface area contributed by atoms with Gasteiger partial charge >= 0.3 is 0 Å². The molecule has 0 atom stereocenters. The lowest BCUT2D eigenvalue weighted by molar-refractivity contribution is 0.112. The maximum absolute atomic E-state index is 8.58. The molecular weight excluding hydrogens is 238 g/mol. The molecule has 0 unspecified atom stereocenters. The Bertz CT molecular complexity index is 127. The van der Waals surface area contributed by atoms with Gasteiger partial charge in [0.1, 0.15) is 0 Å². The molecule has 0 fully saturated rings. The van der Waals surface area contributed by atoms with Gasteiger partial charge in [-0.1, -0.05) is 71.1 Å². The second-order valence-electron chi connectivity index (χ2n) is 5.23. The normalized spacial score (nSPS) is 10.4. The molecule has 0 aliphatic carbocycles. The topological polar surface area (TPSA) is 64.5 Å². The van der Waals surface area contributed by atoms with Crippen LogP contribution in [0.15, 0.2) is 0 Å². The maximum atomic E-state index is 8.58. The molecule has 0 rings (SSSR count). The summed E-state index contributed by atoms with van der Waals surface area (Å²) < 4.78 is 5.40. The van der Waals surface area contributed by atoms with Crippen molar-refractivity contribution in [3.63, 3.8) is 0 Å². The van der Waals surface area contributed by atoms with Crippen LogP contribution in [0.5, 0.6) is 0 Å². The van der Waals surface area contributed by atoms with Crippen LogP contribution in [0.1, 0.15) is 84.0 Å². The monoisotopic (exact) mass is 275 g/mol. The Morgan fingerprint density at radius 3 is 1.53 bits per heavy atom. The van der Waals surface area contributed by atoms with Crippen LogP contribution < -0.4 is 6.15 Å². The van der Waals surface area contributed by atoms with E-state index < -0.39 is 0 Å². The molecule has 0 bridgehead atoms. The first-order valence-electron chi connectivity index (χ1n) is 8.10. The van der Waals surface area contributed by atoms with Crippen molar-refractivity contribution in [2.45, 2.75) is 84.0 Å². The van der Waals surface area contributed by atoms with Crippen LogP contribution in [0, 0.1) is 0 Å². The van der Waals surface area contributed by atoms with Gasteiger partial charge in [0, 0.05) is 19.8 Å². The predicted molar refractivity (Wildman–Crippen MR) is 84.0 cm³/mol. The molecule has 3 nitrogen and oxygen atoms in total. The molecule has 0 radical (unpaired) electrons. The van der Waals surface area contributed by atoms with Crippen LogP contribution in [0.3, 0.4) is 0 Å². The minimum atomic E-state index is 0. The smallest absolute Gasteiger partial charge is 0.0487 e. The zero-order valence-electron chi connectivity index (χ0n) is 13.2. The highest BCUT2D eigenvalue weighted by Gasteiger charge is 1.93. The van der Waals surface area contributed by atoms with Crippen LogP contribution in [-0.2, 0) is 4.74 Å². The average molecular weight is 275 g/mol. The van der Waals surface area contributed by atoms with Crippen LogP contribution in [0.25, 0.3) is 0 Å². The molecule has 0 amide bonds. The Balaban J connectivity index is 0. The second-order valence-corrected chi connectivity index (χ2v) is 5.23. The van der Waals surface area contributed by atoms with E-state index in [1.54, 1.807) is 0 Å². The minimum Gasteiger partial charge on any atom is -0.396 e. The molecule has 0 aromatic heterocycles. The lowest BCUT2D eigenvalue weighted by Gasteiger charge is -2.04. The summed E-state index contributed by atoms with van der Waals surface area (Å²) >= 11 is 0. The fourth-order valence-electron chi connectivity index (χ4n) is 2.14. The highest BCUT2D eigenvalue weighted by molar-refractivity contribution is 4.48. The predicted octanol–water partition coefficient (Wildman–Crippen LogP) is 4.86. The molecule has 0 aliphatic rings. The van der Waals surface area contributed by atoms with Crippen LogP contribution in [-0.4, -0.2) is 24.9 Å². The molecule has 0 saturated heterocycles. The van der Waals surface area contributed by atoms with Gasteiger partial charge in [-0.05, 0) is 12.8 Å². The summed E-state index contributed by atoms with van der Waals surface area (Å²) in [5.41, 5.74) is 0. The zero-order valence-corrected chi connectivity index (χ0v) is 13.2. The largest absolute Gasteiger partial charge is 0.396 e. The summed E-state index contributed by atoms with van der Waals surface area (Å²) in [6, 6.07) is 0. The number of aliphatic hydroxyl groups excluding tert-OH is 1. The molecule has 3 heteroatoms. The van der Waals surface area contributed by atoms with E-state index in [1.807, 2.05) is 0 Å². The third-order valence-electron chi connectivity index (χ3n) is 3.34. The molecule has 118 valence electrons. The summed E-state index contributed by atoms with van der Waals surface area (Å²) in [4.78, 5) is 0. The summed E-state index contributed by atoms with van der Waals surface area (Å²) in [6.45, 7) is 4.11. The van der Waals surface area contributed by atoms with Crippen LogP contribution in [0.4, 0.5) is 0 Å². The molecule has 0 spiro atoms. The second kappa shape index (κ2) is 20.2. The third kappa shape index (κ3) is 20.4. The molecule has 4 N–H and O–H groups in total. The molecular formula is C16H37NO2. The van der Waals surface area contributed by atoms with Crippen LogP contribution in [0.2, 0.25) is 0 Å². The fraction of sp³-hybridized carbons (Fsp3) is 1.00. The van der Waals surface area contributed by atoms with Gasteiger partial charge < -0.3 is 16.0 Å². The van der Waals surface area contributed by atoms with Gasteiger partial charge in [0.25, 0.3) is 0 Å². The van der Waals surface area contributed by atoms with Gasteiger partial charge in [-0.25, -0.2) is 0 Å². The van der Waals surface area contributed by atoms with Crippen molar-refractivity contribution in [1.82, 2.24) is 6.15 Å². The highest BCUT2D eigenvalue weighted by Crippen LogP contribution is 2.11. The lowest BCUT2D eigenvalue weighted by atomic mass is 10.1. The average Bonchev–Trinajstić information content (AvgIpc) is 2.39. The molecule has 19 heavy (non-hydrogen) atoms. The van der Waals surface area contributed by atoms with Crippen molar-refractivity contribution in [2.24, 2.45) is 0 Å². The first-order valence-corrected chi connectivity index (χ1v) is 8.10. The maximum Gasteiger partial charge on any atom is 0.0487 e. The van der Waals surface area contributed by atoms with E-state index in [9.17, 15) is 0 Å². The van der Waals surface area contributed by atoms with Crippen LogP contribution >= 0.6 is 0 Å². The van der Waals surface area contributed by atoms with E-state index >= 15 is 0 Å². The van der Waals surface area contributed by atoms with E-state index in [4.69, 9.17) is 9.84 Å². The lowest BCUT2D eigenvalue weighted by Crippen LogP contribution is -1.98. The fourth-order valence-corrected chi connectivity index (χ4v) is 2.14. The minimum absolute atomic E-state index is 0. The van der Waals surface area contributed by atoms with Gasteiger partial charge in [0.2, 0.25) is 0 Å². The van der Waals surface area contributed by atoms with Crippen molar-refractivity contribution in [3.05, 3.63) is 0 Å². The van der Waals surface area contributed by atoms with Crippen molar-refractivity contribution < 1.29 is 9.84 Å². The van der Waals surface area contributed by atoms with Crippen molar-refractivity contribution in [1.29, 1.82) is 0 Å². The summed E-state index contributed by atoms with van der Waals surface area (Å²) in [6.07, 6.45) is 15.9. The Labute approximate surface area is 120 Å². The molecule has 0 aromatic rings. The Kier molecular flexibility index (Phi) is 22.5. The van der Waals surface area contributed by atoms with E-state index in [0.717, 1.165) is 13.0 Å². The molecule has 0 aromatic carbocycles. The SMILES string of the molecule is CCCCCCCCCCCCCOCCCO.N. The van der Waals surface area contributed by atoms with Gasteiger partial charge in [-0.2, -0.15) is 0 Å². The molecule has 0 aliphatic heterocycles. The zero-order chi connectivity index (χ0) is 13.3. The Morgan fingerprint density at radius 1 is 0.632 bits per heavy atom. The van der Waals surface area contributed by atoms with E-state index in [2.05, 4.69) is 6.92 Å². The van der Waals surface area contributed by atoms with E-state index in [-0.39, 0.29) is 12.8 Å². The summed E-state index contributed by atoms with van der Waals surface area (Å²) in [5.74, 6) is 0. The number of hydrogen-bond donors (Lipinski definition) is 2. The number of unbranched alkanes of at least 4 members (excludes halogenated alkanes) is 10. The number of rotatable bonds is 15. The molecule has 0 heterocycles. The first-order chi connectivity index (χ1) is 8.91.